The Bertz CT molecular complexity index is 1870. The lowest BCUT2D eigenvalue weighted by molar-refractivity contribution is -0.180. The molecule has 1 unspecified atom stereocenters. The zero-order chi connectivity index (χ0) is 34.3. The molecule has 0 N–H and O–H groups in total. The Morgan fingerprint density at radius 3 is 1.88 bits per heavy atom. The summed E-state index contributed by atoms with van der Waals surface area (Å²) in [6.45, 7) is 5.31. The quantitative estimate of drug-likeness (QED) is 0.139. The Labute approximate surface area is 290 Å². The van der Waals surface area contributed by atoms with Crippen LogP contribution in [0.25, 0.3) is 0 Å². The molecule has 5 atom stereocenters. The van der Waals surface area contributed by atoms with Crippen LogP contribution in [0.15, 0.2) is 133 Å². The number of allylic oxidation sites excluding steroid dienone is 1. The number of nitrogens with zero attached hydrogens (tertiary/aromatic N) is 1. The lowest BCUT2D eigenvalue weighted by Gasteiger charge is -2.55. The molecule has 2 fully saturated rings. The average Bonchev–Trinajstić information content (AvgIpc) is 3.63. The van der Waals surface area contributed by atoms with Crippen LogP contribution in [0.3, 0.4) is 0 Å². The van der Waals surface area contributed by atoms with Gasteiger partial charge in [-0.15, -0.1) is 11.8 Å². The molecule has 0 bridgehead atoms. The number of esters is 2. The zero-order valence-corrected chi connectivity index (χ0v) is 28.3. The molecule has 1 spiro atoms. The van der Waals surface area contributed by atoms with Gasteiger partial charge in [-0.3, -0.25) is 9.59 Å². The van der Waals surface area contributed by atoms with Crippen molar-refractivity contribution in [1.29, 1.82) is 0 Å². The van der Waals surface area contributed by atoms with Gasteiger partial charge in [-0.2, -0.15) is 0 Å². The van der Waals surface area contributed by atoms with Crippen molar-refractivity contribution in [2.24, 2.45) is 11.3 Å². The SMILES string of the molecule is CC(=O)[C@H]1[C@@H](c2ccccc2)C=C(C(=O)OCc2ccccc2)C12C(=O)N1[C@@H](C(=O)OC(c3ccccc3)c3ccccc3)C(C)(C)S[C@@H]12. The van der Waals surface area contributed by atoms with E-state index in [0.717, 1.165) is 22.3 Å². The van der Waals surface area contributed by atoms with E-state index in [0.29, 0.717) is 0 Å². The second-order valence-corrected chi connectivity index (χ2v) is 15.1. The molecule has 7 nitrogen and oxygen atoms in total. The Morgan fingerprint density at radius 2 is 1.33 bits per heavy atom. The Morgan fingerprint density at radius 1 is 0.796 bits per heavy atom. The van der Waals surface area contributed by atoms with Crippen LogP contribution in [0.4, 0.5) is 0 Å². The fraction of sp³-hybridized carbons (Fsp3) is 0.268. The third-order valence-corrected chi connectivity index (χ3v) is 11.6. The third-order valence-electron chi connectivity index (χ3n) is 9.94. The number of hydrogen-bond acceptors (Lipinski definition) is 7. The van der Waals surface area contributed by atoms with Gasteiger partial charge in [0.15, 0.2) is 6.10 Å². The highest BCUT2D eigenvalue weighted by Gasteiger charge is 2.78. The number of carbonyl (C=O) groups excluding carboxylic acids is 4. The number of ketones is 1. The lowest BCUT2D eigenvalue weighted by atomic mass is 9.62. The average molecular weight is 672 g/mol. The topological polar surface area (TPSA) is 90.0 Å². The van der Waals surface area contributed by atoms with Crippen molar-refractivity contribution in [2.75, 3.05) is 0 Å². The van der Waals surface area contributed by atoms with E-state index in [4.69, 9.17) is 9.47 Å². The van der Waals surface area contributed by atoms with Gasteiger partial charge in [0, 0.05) is 16.6 Å². The van der Waals surface area contributed by atoms with E-state index in [2.05, 4.69) is 0 Å². The number of Topliss-reactive ketones (excluding diaryl/α,β-unsaturated/α-hetero) is 1. The highest BCUT2D eigenvalue weighted by atomic mass is 32.2. The molecular formula is C41H37NO6S. The minimum Gasteiger partial charge on any atom is -0.457 e. The first kappa shape index (κ1) is 32.6. The summed E-state index contributed by atoms with van der Waals surface area (Å²) in [6, 6.07) is 36.8. The van der Waals surface area contributed by atoms with Gasteiger partial charge in [0.2, 0.25) is 5.91 Å². The Balaban J connectivity index is 1.25. The van der Waals surface area contributed by atoms with Crippen LogP contribution in [0.5, 0.6) is 0 Å². The molecule has 0 aromatic heterocycles. The molecule has 4 aromatic carbocycles. The normalized spacial score (nSPS) is 25.0. The van der Waals surface area contributed by atoms with E-state index in [1.807, 2.05) is 135 Å². The number of hydrogen-bond donors (Lipinski definition) is 0. The van der Waals surface area contributed by atoms with Crippen LogP contribution in [0.2, 0.25) is 0 Å². The summed E-state index contributed by atoms with van der Waals surface area (Å²) in [4.78, 5) is 58.5. The number of β-lactam (4-membered cyclic amide) rings is 1. The van der Waals surface area contributed by atoms with Gasteiger partial charge in [-0.25, -0.2) is 9.59 Å². The maximum Gasteiger partial charge on any atom is 0.335 e. The molecule has 1 amide bonds. The molecule has 8 heteroatoms. The summed E-state index contributed by atoms with van der Waals surface area (Å²) >= 11 is 1.43. The first-order valence-corrected chi connectivity index (χ1v) is 17.3. The largest absolute Gasteiger partial charge is 0.457 e. The van der Waals surface area contributed by atoms with Crippen LogP contribution in [-0.4, -0.2) is 44.7 Å². The number of fused-ring (bicyclic) bond motifs is 2. The van der Waals surface area contributed by atoms with E-state index < -0.39 is 57.4 Å². The van der Waals surface area contributed by atoms with E-state index in [1.165, 1.54) is 18.7 Å². The summed E-state index contributed by atoms with van der Waals surface area (Å²) in [5.41, 5.74) is 1.91. The maximum absolute atomic E-state index is 14.9. The summed E-state index contributed by atoms with van der Waals surface area (Å²) in [7, 11) is 0. The molecule has 3 aliphatic rings. The van der Waals surface area contributed by atoms with Crippen molar-refractivity contribution in [2.45, 2.75) is 55.6 Å². The number of rotatable bonds is 9. The molecule has 2 aliphatic heterocycles. The van der Waals surface area contributed by atoms with Gasteiger partial charge in [0.1, 0.15) is 23.8 Å². The van der Waals surface area contributed by atoms with Crippen molar-refractivity contribution < 1.29 is 28.7 Å². The second kappa shape index (κ2) is 12.8. The molecule has 0 radical (unpaired) electrons. The predicted octanol–water partition coefficient (Wildman–Crippen LogP) is 7.04. The summed E-state index contributed by atoms with van der Waals surface area (Å²) in [5, 5.41) is -0.669. The molecule has 49 heavy (non-hydrogen) atoms. The standard InChI is InChI=1S/C41H37NO6S/c1-26(43)33-31(28-18-10-5-11-19-28)24-32(36(44)47-25-27-16-8-4-9-17-27)41(33)38(46)42-35(40(2,3)49-39(41)42)37(45)48-34(29-20-12-6-13-21-29)30-22-14-7-15-23-30/h4-24,31,33-35,39H,25H2,1-3H3/t31-,33+,35+,39-,41?/m1/s1. The van der Waals surface area contributed by atoms with Crippen LogP contribution in [0.1, 0.15) is 55.0 Å². The second-order valence-electron chi connectivity index (χ2n) is 13.4. The number of ether oxygens (including phenoxy) is 2. The molecule has 2 heterocycles. The van der Waals surface area contributed by atoms with Gasteiger partial charge < -0.3 is 14.4 Å². The van der Waals surface area contributed by atoms with E-state index in [9.17, 15) is 19.2 Å². The summed E-state index contributed by atoms with van der Waals surface area (Å²) in [6.07, 6.45) is 1.06. The highest BCUT2D eigenvalue weighted by molar-refractivity contribution is 8.01. The van der Waals surface area contributed by atoms with Crippen LogP contribution < -0.4 is 0 Å². The van der Waals surface area contributed by atoms with Crippen LogP contribution in [0, 0.1) is 11.3 Å². The Hall–Kier alpha value is -4.95. The summed E-state index contributed by atoms with van der Waals surface area (Å²) in [5.74, 6) is -3.22. The molecule has 248 valence electrons. The number of amides is 1. The Kier molecular flexibility index (Phi) is 8.53. The number of benzene rings is 4. The molecule has 2 saturated heterocycles. The van der Waals surface area contributed by atoms with Gasteiger partial charge in [0.25, 0.3) is 0 Å². The first-order valence-electron chi connectivity index (χ1n) is 16.4. The maximum atomic E-state index is 14.9. The minimum absolute atomic E-state index is 0.0182. The number of carbonyl (C=O) groups is 4. The van der Waals surface area contributed by atoms with Crippen LogP contribution in [-0.2, 0) is 35.3 Å². The zero-order valence-electron chi connectivity index (χ0n) is 27.5. The lowest BCUT2D eigenvalue weighted by Crippen LogP contribution is -2.72. The fourth-order valence-corrected chi connectivity index (χ4v) is 9.61. The molecule has 0 saturated carbocycles. The molecule has 4 aromatic rings. The van der Waals surface area contributed by atoms with Crippen molar-refractivity contribution in [3.8, 4) is 0 Å². The molecular weight excluding hydrogens is 635 g/mol. The van der Waals surface area contributed by atoms with Gasteiger partial charge in [-0.1, -0.05) is 127 Å². The van der Waals surface area contributed by atoms with Crippen molar-refractivity contribution in [3.05, 3.63) is 155 Å². The molecule has 7 rings (SSSR count). The first-order chi connectivity index (χ1) is 23.6. The van der Waals surface area contributed by atoms with Crippen LogP contribution >= 0.6 is 11.8 Å². The fourth-order valence-electron chi connectivity index (χ4n) is 7.81. The smallest absolute Gasteiger partial charge is 0.335 e. The van der Waals surface area contributed by atoms with E-state index in [1.54, 1.807) is 11.0 Å². The van der Waals surface area contributed by atoms with Gasteiger partial charge >= 0.3 is 11.9 Å². The van der Waals surface area contributed by atoms with E-state index in [-0.39, 0.29) is 18.0 Å². The monoisotopic (exact) mass is 671 g/mol. The van der Waals surface area contributed by atoms with Gasteiger partial charge in [-0.05, 0) is 43.0 Å². The van der Waals surface area contributed by atoms with Crippen molar-refractivity contribution >= 4 is 35.4 Å². The van der Waals surface area contributed by atoms with Crippen molar-refractivity contribution in [3.63, 3.8) is 0 Å². The summed E-state index contributed by atoms with van der Waals surface area (Å²) < 4.78 is 11.3. The van der Waals surface area contributed by atoms with Crippen molar-refractivity contribution in [1.82, 2.24) is 4.90 Å². The number of thioether (sulfide) groups is 1. The predicted molar refractivity (Wildman–Crippen MR) is 187 cm³/mol. The van der Waals surface area contributed by atoms with Gasteiger partial charge in [0.05, 0.1) is 10.9 Å². The molecule has 1 aliphatic carbocycles. The minimum atomic E-state index is -1.50. The third kappa shape index (κ3) is 5.48. The van der Waals surface area contributed by atoms with E-state index >= 15 is 0 Å². The highest BCUT2D eigenvalue weighted by Crippen LogP contribution is 2.68.